The third-order valence-corrected chi connectivity index (χ3v) is 4.83. The van der Waals surface area contributed by atoms with Gasteiger partial charge in [-0.05, 0) is 50.5 Å². The second-order valence-electron chi connectivity index (χ2n) is 6.52. The number of nitrogens with zero attached hydrogens (tertiary/aromatic N) is 5. The van der Waals surface area contributed by atoms with Gasteiger partial charge >= 0.3 is 19.8 Å². The molecule has 3 aromatic rings. The average molecular weight is 532 g/mol. The topological polar surface area (TPSA) is 25.9 Å². The van der Waals surface area contributed by atoms with Gasteiger partial charge in [0.25, 0.3) is 0 Å². The Balaban J connectivity index is 0.00000180. The van der Waals surface area contributed by atoms with E-state index in [4.69, 9.17) is 4.98 Å². The molecule has 0 aliphatic carbocycles. The van der Waals surface area contributed by atoms with E-state index in [1.807, 2.05) is 12.1 Å². The minimum Gasteiger partial charge on any atom is -0.504 e. The summed E-state index contributed by atoms with van der Waals surface area (Å²) in [5.41, 5.74) is 4.64. The van der Waals surface area contributed by atoms with Crippen LogP contribution < -0.4 is 19.6 Å². The van der Waals surface area contributed by atoms with E-state index >= 15 is 0 Å². The first-order chi connectivity index (χ1) is 12.7. The van der Waals surface area contributed by atoms with Crippen molar-refractivity contribution in [2.45, 2.75) is 0 Å². The third kappa shape index (κ3) is 2.85. The van der Waals surface area contributed by atoms with Crippen molar-refractivity contribution in [3.8, 4) is 0 Å². The Kier molecular flexibility index (Phi) is 4.53. The number of aromatic nitrogens is 1. The number of rotatable bonds is 2. The molecule has 5 rings (SSSR count). The van der Waals surface area contributed by atoms with Crippen LogP contribution in [0.3, 0.4) is 0 Å². The molecule has 27 heavy (non-hydrogen) atoms. The van der Waals surface area contributed by atoms with Gasteiger partial charge in [0.2, 0.25) is 0 Å². The molecule has 0 amide bonds. The number of anilines is 6. The molecule has 3 heterocycles. The molecule has 136 valence electrons. The smallest absolute Gasteiger partial charge is 0.504 e. The van der Waals surface area contributed by atoms with E-state index in [1.165, 1.54) is 11.4 Å². The van der Waals surface area contributed by atoms with Gasteiger partial charge in [0.1, 0.15) is 11.6 Å². The molecule has 0 radical (unpaired) electrons. The SMILES string of the molecule is CN1[CH-]N(c2cccc(N3[CH-]N(C)c4ccccc43)n2)c2ccccc21.[Os+2]. The standard InChI is InChI=1S/C21H19N5.Os/c1-23-14-25(18-10-5-3-8-16(18)23)20-12-7-13-21(22-20)26-15-24(2)17-9-4-6-11-19(17)26;/h3-15H,1-2H3;/q-2;+2. The zero-order chi connectivity index (χ0) is 17.7. The normalized spacial score (nSPS) is 14.9. The van der Waals surface area contributed by atoms with Crippen LogP contribution in [0, 0.1) is 13.3 Å². The molecule has 6 heteroatoms. The van der Waals surface area contributed by atoms with Crippen molar-refractivity contribution < 1.29 is 19.8 Å². The van der Waals surface area contributed by atoms with Crippen molar-refractivity contribution in [1.29, 1.82) is 0 Å². The first-order valence-corrected chi connectivity index (χ1v) is 8.61. The van der Waals surface area contributed by atoms with E-state index in [0.717, 1.165) is 23.0 Å². The maximum atomic E-state index is 4.94. The van der Waals surface area contributed by atoms with Gasteiger partial charge in [0, 0.05) is 22.7 Å². The van der Waals surface area contributed by atoms with Crippen LogP contribution in [0.25, 0.3) is 0 Å². The van der Waals surface area contributed by atoms with Crippen LogP contribution in [0.15, 0.2) is 66.7 Å². The summed E-state index contributed by atoms with van der Waals surface area (Å²) in [5.74, 6) is 1.81. The number of pyridine rings is 1. The maximum Gasteiger partial charge on any atom is 2.00 e. The van der Waals surface area contributed by atoms with Crippen molar-refractivity contribution in [1.82, 2.24) is 4.98 Å². The van der Waals surface area contributed by atoms with Crippen LogP contribution in [-0.4, -0.2) is 19.1 Å². The summed E-state index contributed by atoms with van der Waals surface area (Å²) < 4.78 is 0. The summed E-state index contributed by atoms with van der Waals surface area (Å²) in [5, 5.41) is 0. The van der Waals surface area contributed by atoms with E-state index in [0.29, 0.717) is 0 Å². The minimum absolute atomic E-state index is 0. The molecule has 5 nitrogen and oxygen atoms in total. The molecule has 0 saturated carbocycles. The fourth-order valence-corrected chi connectivity index (χ4v) is 3.57. The molecular formula is C21H19N5Os. The van der Waals surface area contributed by atoms with Crippen molar-refractivity contribution in [2.24, 2.45) is 0 Å². The number of benzene rings is 2. The van der Waals surface area contributed by atoms with E-state index in [1.54, 1.807) is 0 Å². The van der Waals surface area contributed by atoms with Gasteiger partial charge in [-0.25, -0.2) is 4.98 Å². The summed E-state index contributed by atoms with van der Waals surface area (Å²) in [7, 11) is 4.12. The van der Waals surface area contributed by atoms with Crippen molar-refractivity contribution in [2.75, 3.05) is 33.7 Å². The molecular weight excluding hydrogens is 512 g/mol. The Hall–Kier alpha value is -2.57. The van der Waals surface area contributed by atoms with Crippen LogP contribution in [0.5, 0.6) is 0 Å². The summed E-state index contributed by atoms with van der Waals surface area (Å²) >= 11 is 0. The number of hydrogen-bond donors (Lipinski definition) is 0. The van der Waals surface area contributed by atoms with Gasteiger partial charge in [0.15, 0.2) is 0 Å². The molecule has 2 aliphatic rings. The van der Waals surface area contributed by atoms with Crippen molar-refractivity contribution in [3.05, 3.63) is 80.1 Å². The predicted molar refractivity (Wildman–Crippen MR) is 107 cm³/mol. The van der Waals surface area contributed by atoms with Crippen LogP contribution in [0.2, 0.25) is 0 Å². The molecule has 0 atom stereocenters. The Morgan fingerprint density at radius 2 is 1.00 bits per heavy atom. The monoisotopic (exact) mass is 533 g/mol. The summed E-state index contributed by atoms with van der Waals surface area (Å²) in [6.07, 6.45) is 0. The molecule has 1 aromatic heterocycles. The number of para-hydroxylation sites is 4. The van der Waals surface area contributed by atoms with E-state index < -0.39 is 0 Å². The molecule has 0 unspecified atom stereocenters. The molecule has 0 spiro atoms. The summed E-state index contributed by atoms with van der Waals surface area (Å²) in [6.45, 7) is 4.15. The second-order valence-corrected chi connectivity index (χ2v) is 6.52. The van der Waals surface area contributed by atoms with Crippen molar-refractivity contribution in [3.63, 3.8) is 0 Å². The third-order valence-electron chi connectivity index (χ3n) is 4.83. The molecule has 0 saturated heterocycles. The first kappa shape index (κ1) is 17.8. The average Bonchev–Trinajstić information content (AvgIpc) is 3.20. The fraction of sp³-hybridized carbons (Fsp3) is 0.0952. The van der Waals surface area contributed by atoms with Crippen molar-refractivity contribution >= 4 is 34.4 Å². The van der Waals surface area contributed by atoms with Gasteiger partial charge < -0.3 is 19.6 Å². The van der Waals surface area contributed by atoms with Gasteiger partial charge in [-0.3, -0.25) is 0 Å². The van der Waals surface area contributed by atoms with Gasteiger partial charge in [-0.1, -0.05) is 30.3 Å². The Bertz CT molecular complexity index is 901. The van der Waals surface area contributed by atoms with Crippen LogP contribution in [-0.2, 0) is 19.8 Å². The summed E-state index contributed by atoms with van der Waals surface area (Å²) in [4.78, 5) is 13.4. The zero-order valence-electron chi connectivity index (χ0n) is 15.1. The molecule has 0 bridgehead atoms. The Labute approximate surface area is 172 Å². The number of hydrogen-bond acceptors (Lipinski definition) is 5. The zero-order valence-corrected chi connectivity index (χ0v) is 17.6. The van der Waals surface area contributed by atoms with Gasteiger partial charge in [0.05, 0.1) is 0 Å². The van der Waals surface area contributed by atoms with Gasteiger partial charge in [-0.15, -0.1) is 13.3 Å². The quantitative estimate of drug-likeness (QED) is 0.454. The molecule has 0 fully saturated rings. The van der Waals surface area contributed by atoms with E-state index in [2.05, 4.69) is 102 Å². The van der Waals surface area contributed by atoms with E-state index in [-0.39, 0.29) is 19.8 Å². The second kappa shape index (κ2) is 6.87. The van der Waals surface area contributed by atoms with E-state index in [9.17, 15) is 0 Å². The van der Waals surface area contributed by atoms with Crippen LogP contribution in [0.1, 0.15) is 0 Å². The predicted octanol–water partition coefficient (Wildman–Crippen LogP) is 4.49. The largest absolute Gasteiger partial charge is 2.00 e. The molecule has 2 aliphatic heterocycles. The number of fused-ring (bicyclic) bond motifs is 2. The van der Waals surface area contributed by atoms with Crippen LogP contribution >= 0.6 is 0 Å². The first-order valence-electron chi connectivity index (χ1n) is 8.61. The van der Waals surface area contributed by atoms with Gasteiger partial charge in [-0.2, -0.15) is 0 Å². The minimum atomic E-state index is 0. The summed E-state index contributed by atoms with van der Waals surface area (Å²) in [6, 6.07) is 22.9. The Morgan fingerprint density at radius 3 is 1.44 bits per heavy atom. The molecule has 0 N–H and O–H groups in total. The Morgan fingerprint density at radius 1 is 0.593 bits per heavy atom. The van der Waals surface area contributed by atoms with Crippen LogP contribution in [0.4, 0.5) is 34.4 Å². The maximum absolute atomic E-state index is 4.94. The fourth-order valence-electron chi connectivity index (χ4n) is 3.57. The molecule has 2 aromatic carbocycles.